The molecule has 2 nitrogen and oxygen atoms in total. The Balaban J connectivity index is 1.28. The molecule has 1 saturated heterocycles. The lowest BCUT2D eigenvalue weighted by atomic mass is 9.45. The van der Waals surface area contributed by atoms with E-state index in [1.54, 1.807) is 6.42 Å². The molecule has 2 heteroatoms. The molecule has 0 amide bonds. The van der Waals surface area contributed by atoms with Gasteiger partial charge < -0.3 is 5.32 Å². The van der Waals surface area contributed by atoms with Crippen LogP contribution < -0.4 is 5.32 Å². The maximum absolute atomic E-state index is 5.17. The molecular formula is C27H46N2. The van der Waals surface area contributed by atoms with Crippen LogP contribution in [0.2, 0.25) is 0 Å². The Morgan fingerprint density at radius 2 is 1.72 bits per heavy atom. The van der Waals surface area contributed by atoms with E-state index in [0.29, 0.717) is 10.8 Å². The van der Waals surface area contributed by atoms with Crippen LogP contribution in [0.5, 0.6) is 0 Å². The highest BCUT2D eigenvalue weighted by molar-refractivity contribution is 5.85. The van der Waals surface area contributed by atoms with Gasteiger partial charge in [-0.05, 0) is 119 Å². The van der Waals surface area contributed by atoms with Crippen molar-refractivity contribution in [3.05, 3.63) is 0 Å². The smallest absolute Gasteiger partial charge is 0.0403 e. The van der Waals surface area contributed by atoms with Gasteiger partial charge in [-0.25, -0.2) is 0 Å². The molecule has 4 aliphatic carbocycles. The molecule has 5 aliphatic rings. The normalized spacial score (nSPS) is 50.1. The van der Waals surface area contributed by atoms with E-state index < -0.39 is 0 Å². The first-order valence-electron chi connectivity index (χ1n) is 13.3. The van der Waals surface area contributed by atoms with Crippen LogP contribution >= 0.6 is 0 Å². The molecule has 164 valence electrons. The van der Waals surface area contributed by atoms with E-state index in [4.69, 9.17) is 4.99 Å². The van der Waals surface area contributed by atoms with Gasteiger partial charge in [-0.3, -0.25) is 4.99 Å². The Bertz CT molecular complexity index is 620. The Kier molecular flexibility index (Phi) is 5.63. The van der Waals surface area contributed by atoms with Crippen LogP contribution in [0.3, 0.4) is 0 Å². The second-order valence-corrected chi connectivity index (χ2v) is 12.2. The minimum Gasteiger partial charge on any atom is -0.314 e. The Labute approximate surface area is 180 Å². The number of nitrogens with one attached hydrogen (secondary N) is 1. The minimum absolute atomic E-state index is 0.540. The monoisotopic (exact) mass is 398 g/mol. The summed E-state index contributed by atoms with van der Waals surface area (Å²) in [6.45, 7) is 10.0. The van der Waals surface area contributed by atoms with Gasteiger partial charge in [0, 0.05) is 24.2 Å². The third kappa shape index (κ3) is 3.44. The summed E-state index contributed by atoms with van der Waals surface area (Å²) in [5, 5.41) is 3.64. The highest BCUT2D eigenvalue weighted by atomic mass is 14.9. The first kappa shape index (κ1) is 20.5. The molecule has 4 saturated carbocycles. The van der Waals surface area contributed by atoms with E-state index in [1.807, 2.05) is 0 Å². The van der Waals surface area contributed by atoms with E-state index in [9.17, 15) is 0 Å². The van der Waals surface area contributed by atoms with Crippen molar-refractivity contribution in [2.24, 2.45) is 45.4 Å². The summed E-state index contributed by atoms with van der Waals surface area (Å²) in [6, 6.07) is 0.736. The zero-order valence-corrected chi connectivity index (χ0v) is 19.5. The zero-order valence-electron chi connectivity index (χ0n) is 19.5. The molecule has 0 spiro atoms. The first-order valence-corrected chi connectivity index (χ1v) is 13.3. The number of rotatable bonds is 4. The van der Waals surface area contributed by atoms with E-state index in [1.165, 1.54) is 89.3 Å². The fourth-order valence-electron chi connectivity index (χ4n) is 9.49. The standard InChI is InChI=1S/C27H46N2/c1-19(28-18-14-21-8-6-17-29-21)23-11-12-24-22-10-9-20-7-4-5-15-26(20,2)25(22)13-16-27(23,24)3/h20-25,29H,4-18H2,1-3H3. The van der Waals surface area contributed by atoms with Gasteiger partial charge in [-0.2, -0.15) is 0 Å². The molecule has 1 aliphatic heterocycles. The van der Waals surface area contributed by atoms with Gasteiger partial charge in [0.2, 0.25) is 0 Å². The van der Waals surface area contributed by atoms with Crippen LogP contribution in [0.25, 0.3) is 0 Å². The van der Waals surface area contributed by atoms with E-state index in [2.05, 4.69) is 26.1 Å². The summed E-state index contributed by atoms with van der Waals surface area (Å²) in [4.78, 5) is 5.17. The van der Waals surface area contributed by atoms with Gasteiger partial charge in [-0.1, -0.05) is 26.7 Å². The molecule has 5 rings (SSSR count). The molecule has 8 atom stereocenters. The van der Waals surface area contributed by atoms with Crippen LogP contribution in [0.4, 0.5) is 0 Å². The third-order valence-electron chi connectivity index (χ3n) is 11.1. The van der Waals surface area contributed by atoms with Crippen molar-refractivity contribution in [2.45, 2.75) is 110 Å². The van der Waals surface area contributed by atoms with E-state index in [-0.39, 0.29) is 0 Å². The lowest BCUT2D eigenvalue weighted by Crippen LogP contribution is -2.53. The molecule has 1 heterocycles. The Hall–Kier alpha value is -0.370. The Morgan fingerprint density at radius 3 is 2.55 bits per heavy atom. The summed E-state index contributed by atoms with van der Waals surface area (Å²) in [5.74, 6) is 4.85. The van der Waals surface area contributed by atoms with Crippen LogP contribution in [0.1, 0.15) is 104 Å². The number of nitrogens with zero attached hydrogens (tertiary/aromatic N) is 1. The number of fused-ring (bicyclic) bond motifs is 5. The van der Waals surface area contributed by atoms with Crippen molar-refractivity contribution >= 4 is 5.71 Å². The average molecular weight is 399 g/mol. The molecule has 0 aromatic carbocycles. The van der Waals surface area contributed by atoms with E-state index >= 15 is 0 Å². The summed E-state index contributed by atoms with van der Waals surface area (Å²) in [6.07, 6.45) is 19.0. The van der Waals surface area contributed by atoms with Crippen LogP contribution in [0.15, 0.2) is 4.99 Å². The summed E-state index contributed by atoms with van der Waals surface area (Å²) in [7, 11) is 0. The fraction of sp³-hybridized carbons (Fsp3) is 0.963. The van der Waals surface area contributed by atoms with Gasteiger partial charge in [0.1, 0.15) is 0 Å². The molecule has 29 heavy (non-hydrogen) atoms. The fourth-order valence-corrected chi connectivity index (χ4v) is 9.49. The summed E-state index contributed by atoms with van der Waals surface area (Å²) in [5.41, 5.74) is 2.72. The molecule has 8 unspecified atom stereocenters. The van der Waals surface area contributed by atoms with Crippen LogP contribution in [0, 0.1) is 40.4 Å². The molecule has 1 N–H and O–H groups in total. The lowest BCUT2D eigenvalue weighted by Gasteiger charge is -2.60. The van der Waals surface area contributed by atoms with Crippen molar-refractivity contribution in [3.8, 4) is 0 Å². The van der Waals surface area contributed by atoms with Crippen molar-refractivity contribution in [2.75, 3.05) is 13.1 Å². The predicted molar refractivity (Wildman–Crippen MR) is 123 cm³/mol. The molecule has 0 bridgehead atoms. The topological polar surface area (TPSA) is 24.4 Å². The van der Waals surface area contributed by atoms with Crippen molar-refractivity contribution in [1.82, 2.24) is 5.32 Å². The largest absolute Gasteiger partial charge is 0.314 e. The molecule has 5 fully saturated rings. The van der Waals surface area contributed by atoms with Gasteiger partial charge in [0.15, 0.2) is 0 Å². The average Bonchev–Trinajstić information content (AvgIpc) is 3.34. The summed E-state index contributed by atoms with van der Waals surface area (Å²) >= 11 is 0. The maximum Gasteiger partial charge on any atom is 0.0403 e. The summed E-state index contributed by atoms with van der Waals surface area (Å²) < 4.78 is 0. The molecule has 0 aromatic heterocycles. The van der Waals surface area contributed by atoms with Crippen molar-refractivity contribution < 1.29 is 0 Å². The van der Waals surface area contributed by atoms with Gasteiger partial charge >= 0.3 is 0 Å². The number of aliphatic imine (C=N–C) groups is 1. The van der Waals surface area contributed by atoms with Gasteiger partial charge in [0.25, 0.3) is 0 Å². The lowest BCUT2D eigenvalue weighted by molar-refractivity contribution is -0.106. The zero-order chi connectivity index (χ0) is 20.1. The van der Waals surface area contributed by atoms with Crippen LogP contribution in [-0.4, -0.2) is 24.8 Å². The first-order chi connectivity index (χ1) is 14.0. The third-order valence-corrected chi connectivity index (χ3v) is 11.1. The molecule has 0 radical (unpaired) electrons. The SMILES string of the molecule is CC(=NCCC1CCCN1)C1CCC2C3CCC4CCCCC4(C)C3CCC12C. The van der Waals surface area contributed by atoms with Crippen LogP contribution in [-0.2, 0) is 0 Å². The second kappa shape index (κ2) is 7.95. The van der Waals surface area contributed by atoms with Gasteiger partial charge in [-0.15, -0.1) is 0 Å². The Morgan fingerprint density at radius 1 is 0.862 bits per heavy atom. The van der Waals surface area contributed by atoms with Crippen molar-refractivity contribution in [3.63, 3.8) is 0 Å². The minimum atomic E-state index is 0.540. The maximum atomic E-state index is 5.17. The quantitative estimate of drug-likeness (QED) is 0.527. The highest BCUT2D eigenvalue weighted by Gasteiger charge is 2.59. The van der Waals surface area contributed by atoms with Gasteiger partial charge in [0.05, 0.1) is 0 Å². The van der Waals surface area contributed by atoms with Crippen molar-refractivity contribution in [1.29, 1.82) is 0 Å². The second-order valence-electron chi connectivity index (χ2n) is 12.2. The predicted octanol–water partition coefficient (Wildman–Crippen LogP) is 6.64. The number of hydrogen-bond acceptors (Lipinski definition) is 2. The van der Waals surface area contributed by atoms with E-state index in [0.717, 1.165) is 42.2 Å². The molecule has 0 aromatic rings. The number of hydrogen-bond donors (Lipinski definition) is 1. The molecular weight excluding hydrogens is 352 g/mol. The highest BCUT2D eigenvalue weighted by Crippen LogP contribution is 2.67.